The van der Waals surface area contributed by atoms with Crippen molar-refractivity contribution < 1.29 is 4.79 Å². The van der Waals surface area contributed by atoms with Crippen LogP contribution < -0.4 is 5.73 Å². The Morgan fingerprint density at radius 3 is 2.76 bits per heavy atom. The Balaban J connectivity index is 1.99. The number of ketones is 1. The highest BCUT2D eigenvalue weighted by Crippen LogP contribution is 2.17. The van der Waals surface area contributed by atoms with Crippen molar-refractivity contribution in [3.8, 4) is 0 Å². The van der Waals surface area contributed by atoms with Gasteiger partial charge in [-0.25, -0.2) is 0 Å². The lowest BCUT2D eigenvalue weighted by Gasteiger charge is -2.29. The zero-order valence-corrected chi connectivity index (χ0v) is 13.5. The summed E-state index contributed by atoms with van der Waals surface area (Å²) in [4.78, 5) is 16.7. The average Bonchev–Trinajstić information content (AvgIpc) is 2.80. The molecule has 0 aliphatic carbocycles. The molecule has 1 aliphatic heterocycles. The van der Waals surface area contributed by atoms with Gasteiger partial charge in [-0.15, -0.1) is 0 Å². The molecule has 0 unspecified atom stereocenters. The summed E-state index contributed by atoms with van der Waals surface area (Å²) >= 11 is 6.14. The topological polar surface area (TPSA) is 67.4 Å². The standard InChI is InChI=1S/C14H24ClN5O/c1-18(2)7-8-20-14(12(15)9-17-20)13(21)10-19-5-3-11(16)4-6-19/h9,11H,3-8,10,16H2,1-2H3. The fourth-order valence-corrected chi connectivity index (χ4v) is 2.74. The summed E-state index contributed by atoms with van der Waals surface area (Å²) in [5.74, 6) is 0.0340. The number of hydrogen-bond donors (Lipinski definition) is 1. The molecular weight excluding hydrogens is 290 g/mol. The van der Waals surface area contributed by atoms with Gasteiger partial charge >= 0.3 is 0 Å². The van der Waals surface area contributed by atoms with Crippen molar-refractivity contribution in [3.05, 3.63) is 16.9 Å². The minimum atomic E-state index is 0.0340. The summed E-state index contributed by atoms with van der Waals surface area (Å²) < 4.78 is 1.71. The molecule has 1 aliphatic rings. The zero-order chi connectivity index (χ0) is 15.4. The zero-order valence-electron chi connectivity index (χ0n) is 12.8. The van der Waals surface area contributed by atoms with Crippen LogP contribution in [0.1, 0.15) is 23.3 Å². The third-order valence-corrected chi connectivity index (χ3v) is 4.09. The highest BCUT2D eigenvalue weighted by Gasteiger charge is 2.23. The van der Waals surface area contributed by atoms with Crippen LogP contribution in [0.5, 0.6) is 0 Å². The Labute approximate surface area is 130 Å². The van der Waals surface area contributed by atoms with Crippen molar-refractivity contribution in [2.45, 2.75) is 25.4 Å². The number of piperidine rings is 1. The van der Waals surface area contributed by atoms with Crippen molar-refractivity contribution in [3.63, 3.8) is 0 Å². The summed E-state index contributed by atoms with van der Waals surface area (Å²) in [7, 11) is 3.98. The Hall–Kier alpha value is -0.950. The fourth-order valence-electron chi connectivity index (χ4n) is 2.49. The number of Topliss-reactive ketones (excluding diaryl/α,β-unsaturated/α-hetero) is 1. The molecule has 7 heteroatoms. The summed E-state index contributed by atoms with van der Waals surface area (Å²) in [6.07, 6.45) is 3.44. The lowest BCUT2D eigenvalue weighted by atomic mass is 10.1. The Bertz CT molecular complexity index is 480. The van der Waals surface area contributed by atoms with Crippen LogP contribution in [-0.2, 0) is 6.54 Å². The monoisotopic (exact) mass is 313 g/mol. The van der Waals surface area contributed by atoms with Crippen molar-refractivity contribution in [1.29, 1.82) is 0 Å². The van der Waals surface area contributed by atoms with Crippen LogP contribution in [0.2, 0.25) is 5.02 Å². The summed E-state index contributed by atoms with van der Waals surface area (Å²) in [5.41, 5.74) is 6.41. The Morgan fingerprint density at radius 2 is 2.14 bits per heavy atom. The molecule has 0 spiro atoms. The molecule has 0 radical (unpaired) electrons. The molecule has 118 valence electrons. The number of hydrogen-bond acceptors (Lipinski definition) is 5. The van der Waals surface area contributed by atoms with E-state index < -0.39 is 0 Å². The maximum absolute atomic E-state index is 12.5. The number of likely N-dealkylation sites (N-methyl/N-ethyl adjacent to an activating group) is 1. The molecule has 0 atom stereocenters. The second-order valence-corrected chi connectivity index (χ2v) is 6.31. The number of aromatic nitrogens is 2. The van der Waals surface area contributed by atoms with E-state index in [4.69, 9.17) is 17.3 Å². The molecule has 1 aromatic rings. The van der Waals surface area contributed by atoms with Gasteiger partial charge in [-0.1, -0.05) is 11.6 Å². The fraction of sp³-hybridized carbons (Fsp3) is 0.714. The van der Waals surface area contributed by atoms with E-state index in [1.54, 1.807) is 10.9 Å². The van der Waals surface area contributed by atoms with Crippen LogP contribution in [-0.4, -0.2) is 71.7 Å². The first-order valence-electron chi connectivity index (χ1n) is 7.34. The molecule has 2 rings (SSSR count). The molecule has 1 saturated heterocycles. The van der Waals surface area contributed by atoms with Gasteiger partial charge in [0.05, 0.1) is 24.3 Å². The van der Waals surface area contributed by atoms with E-state index >= 15 is 0 Å². The predicted octanol–water partition coefficient (Wildman–Crippen LogP) is 0.704. The second kappa shape index (κ2) is 7.35. The number of nitrogens with two attached hydrogens (primary N) is 1. The average molecular weight is 314 g/mol. The van der Waals surface area contributed by atoms with Gasteiger partial charge in [0.2, 0.25) is 0 Å². The number of nitrogens with zero attached hydrogens (tertiary/aromatic N) is 4. The van der Waals surface area contributed by atoms with E-state index in [-0.39, 0.29) is 11.8 Å². The van der Waals surface area contributed by atoms with Gasteiger partial charge in [-0.3, -0.25) is 14.4 Å². The number of halogens is 1. The normalized spacial score (nSPS) is 17.6. The van der Waals surface area contributed by atoms with E-state index in [9.17, 15) is 4.79 Å². The summed E-state index contributed by atoms with van der Waals surface area (Å²) in [6, 6.07) is 0.269. The van der Waals surface area contributed by atoms with Crippen molar-refractivity contribution >= 4 is 17.4 Å². The van der Waals surface area contributed by atoms with Gasteiger partial charge in [0, 0.05) is 25.7 Å². The highest BCUT2D eigenvalue weighted by atomic mass is 35.5. The lowest BCUT2D eigenvalue weighted by Crippen LogP contribution is -2.42. The largest absolute Gasteiger partial charge is 0.328 e. The SMILES string of the molecule is CN(C)CCn1ncc(Cl)c1C(=O)CN1CCC(N)CC1. The van der Waals surface area contributed by atoms with E-state index in [2.05, 4.69) is 14.9 Å². The van der Waals surface area contributed by atoms with Gasteiger partial charge in [-0.2, -0.15) is 5.10 Å². The molecule has 1 fully saturated rings. The molecule has 2 heterocycles. The van der Waals surface area contributed by atoms with Gasteiger partial charge < -0.3 is 10.6 Å². The van der Waals surface area contributed by atoms with Crippen molar-refractivity contribution in [1.82, 2.24) is 19.6 Å². The maximum atomic E-state index is 12.5. The van der Waals surface area contributed by atoms with Gasteiger partial charge in [-0.05, 0) is 26.9 Å². The first-order valence-corrected chi connectivity index (χ1v) is 7.72. The van der Waals surface area contributed by atoms with Crippen LogP contribution in [0.15, 0.2) is 6.20 Å². The number of rotatable bonds is 6. The summed E-state index contributed by atoms with van der Waals surface area (Å²) in [5, 5.41) is 4.65. The molecule has 6 nitrogen and oxygen atoms in total. The molecular formula is C14H24ClN5O. The van der Waals surface area contributed by atoms with Crippen LogP contribution in [0.4, 0.5) is 0 Å². The molecule has 0 bridgehead atoms. The second-order valence-electron chi connectivity index (χ2n) is 5.90. The van der Waals surface area contributed by atoms with E-state index in [0.717, 1.165) is 32.5 Å². The van der Waals surface area contributed by atoms with Crippen LogP contribution >= 0.6 is 11.6 Å². The minimum Gasteiger partial charge on any atom is -0.328 e. The molecule has 0 saturated carbocycles. The number of likely N-dealkylation sites (tertiary alicyclic amines) is 1. The van der Waals surface area contributed by atoms with E-state index in [1.807, 2.05) is 14.1 Å². The van der Waals surface area contributed by atoms with Crippen LogP contribution in [0, 0.1) is 0 Å². The first kappa shape index (κ1) is 16.4. The Kier molecular flexibility index (Phi) is 5.75. The van der Waals surface area contributed by atoms with Crippen molar-refractivity contribution in [2.24, 2.45) is 5.73 Å². The molecule has 2 N–H and O–H groups in total. The Morgan fingerprint density at radius 1 is 1.48 bits per heavy atom. The van der Waals surface area contributed by atoms with Crippen LogP contribution in [0.3, 0.4) is 0 Å². The van der Waals surface area contributed by atoms with E-state index in [1.165, 1.54) is 0 Å². The third-order valence-electron chi connectivity index (χ3n) is 3.82. The van der Waals surface area contributed by atoms with Gasteiger partial charge in [0.25, 0.3) is 0 Å². The van der Waals surface area contributed by atoms with Crippen molar-refractivity contribution in [2.75, 3.05) is 40.3 Å². The molecule has 1 aromatic heterocycles. The summed E-state index contributed by atoms with van der Waals surface area (Å²) in [6.45, 7) is 3.61. The minimum absolute atomic E-state index is 0.0340. The molecule has 0 amide bonds. The molecule has 0 aromatic carbocycles. The molecule has 21 heavy (non-hydrogen) atoms. The maximum Gasteiger partial charge on any atom is 0.196 e. The number of carbonyl (C=O) groups excluding carboxylic acids is 1. The highest BCUT2D eigenvalue weighted by molar-refractivity contribution is 6.33. The number of carbonyl (C=O) groups is 1. The quantitative estimate of drug-likeness (QED) is 0.783. The lowest BCUT2D eigenvalue weighted by molar-refractivity contribution is 0.0898. The third kappa shape index (κ3) is 4.51. The van der Waals surface area contributed by atoms with E-state index in [0.29, 0.717) is 23.8 Å². The first-order chi connectivity index (χ1) is 9.97. The smallest absolute Gasteiger partial charge is 0.196 e. The predicted molar refractivity (Wildman–Crippen MR) is 83.8 cm³/mol. The van der Waals surface area contributed by atoms with Crippen LogP contribution in [0.25, 0.3) is 0 Å². The van der Waals surface area contributed by atoms with Gasteiger partial charge in [0.1, 0.15) is 5.69 Å². The van der Waals surface area contributed by atoms with Gasteiger partial charge in [0.15, 0.2) is 5.78 Å².